The van der Waals surface area contributed by atoms with E-state index in [1.807, 2.05) is 0 Å². The van der Waals surface area contributed by atoms with Crippen molar-refractivity contribution in [3.63, 3.8) is 0 Å². The van der Waals surface area contributed by atoms with E-state index in [1.165, 1.54) is 31.4 Å². The van der Waals surface area contributed by atoms with Crippen molar-refractivity contribution in [3.05, 3.63) is 58.1 Å². The lowest BCUT2D eigenvalue weighted by Crippen LogP contribution is -2.32. The number of methoxy groups -OCH3 is 1. The topological polar surface area (TPSA) is 90.7 Å². The van der Waals surface area contributed by atoms with Gasteiger partial charge in [0.1, 0.15) is 0 Å². The molecule has 1 atom stereocenters. The van der Waals surface area contributed by atoms with E-state index in [0.29, 0.717) is 5.56 Å². The van der Waals surface area contributed by atoms with Crippen LogP contribution in [0, 0.1) is 5.92 Å². The number of amides is 2. The summed E-state index contributed by atoms with van der Waals surface area (Å²) < 4.78 is 49.6. The van der Waals surface area contributed by atoms with Gasteiger partial charge >= 0.3 is 6.18 Å². The highest BCUT2D eigenvalue weighted by Gasteiger charge is 2.31. The van der Waals surface area contributed by atoms with Gasteiger partial charge in [-0.3, -0.25) is 9.59 Å². The van der Waals surface area contributed by atoms with Gasteiger partial charge in [0.2, 0.25) is 0 Å². The second kappa shape index (κ2) is 9.91. The average molecular weight is 459 g/mol. The first-order chi connectivity index (χ1) is 14.4. The van der Waals surface area contributed by atoms with Gasteiger partial charge in [-0.05, 0) is 35.7 Å². The largest absolute Gasteiger partial charge is 0.493 e. The third kappa shape index (κ3) is 6.27. The summed E-state index contributed by atoms with van der Waals surface area (Å²) in [7, 11) is 1.32. The molecule has 0 aliphatic rings. The summed E-state index contributed by atoms with van der Waals surface area (Å²) in [5.74, 6) is -1.36. The molecule has 1 unspecified atom stereocenters. The fourth-order valence-corrected chi connectivity index (χ4v) is 3.17. The number of benzene rings is 2. The zero-order valence-corrected chi connectivity index (χ0v) is 17.8. The highest BCUT2D eigenvalue weighted by atomic mass is 35.5. The Morgan fingerprint density at radius 1 is 1.19 bits per heavy atom. The van der Waals surface area contributed by atoms with Crippen molar-refractivity contribution >= 4 is 23.4 Å². The number of alkyl halides is 3. The van der Waals surface area contributed by atoms with Crippen molar-refractivity contribution in [2.45, 2.75) is 26.1 Å². The summed E-state index contributed by atoms with van der Waals surface area (Å²) in [6.45, 7) is 3.12. The molecule has 0 aliphatic carbocycles. The van der Waals surface area contributed by atoms with E-state index in [9.17, 15) is 22.8 Å². The van der Waals surface area contributed by atoms with Crippen LogP contribution in [0.2, 0.25) is 5.02 Å². The Morgan fingerprint density at radius 3 is 2.42 bits per heavy atom. The second-order valence-corrected chi connectivity index (χ2v) is 7.47. The van der Waals surface area contributed by atoms with E-state index in [2.05, 4.69) is 5.32 Å². The third-order valence-electron chi connectivity index (χ3n) is 4.38. The second-order valence-electron chi connectivity index (χ2n) is 7.06. The lowest BCUT2D eigenvalue weighted by Gasteiger charge is -2.24. The molecule has 2 aromatic rings. The molecule has 168 valence electrons. The Morgan fingerprint density at radius 2 is 1.87 bits per heavy atom. The van der Waals surface area contributed by atoms with Crippen LogP contribution in [-0.2, 0) is 11.0 Å². The Kier molecular flexibility index (Phi) is 7.78. The Labute approximate surface area is 182 Å². The minimum absolute atomic E-state index is 0.00548. The van der Waals surface area contributed by atoms with Crippen molar-refractivity contribution in [2.75, 3.05) is 13.7 Å². The quantitative estimate of drug-likeness (QED) is 0.615. The maximum atomic E-state index is 13.1. The number of primary amides is 1. The fourth-order valence-electron chi connectivity index (χ4n) is 2.90. The number of nitrogens with one attached hydrogen (secondary N) is 1. The first-order valence-corrected chi connectivity index (χ1v) is 9.58. The number of ether oxygens (including phenoxy) is 2. The standard InChI is InChI=1S/C21H22ClF3N2O4/c1-11(2)18(12-5-4-6-14(7-12)21(23,24)25)27-20(29)13-8-15(22)19(16(9-13)30-3)31-10-17(26)28/h4-9,11,18H,10H2,1-3H3,(H2,26,28)(H,27,29). The normalized spacial score (nSPS) is 12.4. The minimum atomic E-state index is -4.50. The van der Waals surface area contributed by atoms with Gasteiger partial charge in [0.25, 0.3) is 11.8 Å². The maximum Gasteiger partial charge on any atom is 0.416 e. The molecule has 6 nitrogen and oxygen atoms in total. The predicted octanol–water partition coefficient (Wildman–Crippen LogP) is 4.36. The summed E-state index contributed by atoms with van der Waals surface area (Å²) in [6.07, 6.45) is -4.50. The highest BCUT2D eigenvalue weighted by Crippen LogP contribution is 2.37. The van der Waals surface area contributed by atoms with Gasteiger partial charge in [0.05, 0.1) is 23.7 Å². The lowest BCUT2D eigenvalue weighted by atomic mass is 9.94. The first-order valence-electron chi connectivity index (χ1n) is 9.20. The van der Waals surface area contributed by atoms with Crippen LogP contribution in [-0.4, -0.2) is 25.5 Å². The van der Waals surface area contributed by atoms with Crippen molar-refractivity contribution in [1.82, 2.24) is 5.32 Å². The summed E-state index contributed by atoms with van der Waals surface area (Å²) in [5, 5.41) is 2.75. The minimum Gasteiger partial charge on any atom is -0.493 e. The smallest absolute Gasteiger partial charge is 0.416 e. The average Bonchev–Trinajstić information content (AvgIpc) is 2.69. The van der Waals surface area contributed by atoms with E-state index >= 15 is 0 Å². The van der Waals surface area contributed by atoms with Crippen LogP contribution in [0.15, 0.2) is 36.4 Å². The molecule has 0 spiro atoms. The molecule has 0 aliphatic heterocycles. The molecule has 0 bridgehead atoms. The summed E-state index contributed by atoms with van der Waals surface area (Å²) in [5.41, 5.74) is 4.67. The van der Waals surface area contributed by atoms with Gasteiger partial charge in [0.15, 0.2) is 18.1 Å². The van der Waals surface area contributed by atoms with Crippen molar-refractivity contribution in [3.8, 4) is 11.5 Å². The van der Waals surface area contributed by atoms with E-state index in [-0.39, 0.29) is 28.0 Å². The van der Waals surface area contributed by atoms with Crippen LogP contribution in [0.5, 0.6) is 11.5 Å². The summed E-state index contributed by atoms with van der Waals surface area (Å²) in [6, 6.07) is 6.77. The third-order valence-corrected chi connectivity index (χ3v) is 4.66. The van der Waals surface area contributed by atoms with E-state index in [0.717, 1.165) is 12.1 Å². The van der Waals surface area contributed by atoms with Gasteiger partial charge in [-0.2, -0.15) is 13.2 Å². The SMILES string of the molecule is COc1cc(C(=O)NC(c2cccc(C(F)(F)F)c2)C(C)C)cc(Cl)c1OCC(N)=O. The van der Waals surface area contributed by atoms with Gasteiger partial charge in [-0.1, -0.05) is 37.6 Å². The zero-order valence-electron chi connectivity index (χ0n) is 17.0. The molecule has 0 saturated heterocycles. The van der Waals surface area contributed by atoms with Crippen LogP contribution in [0.25, 0.3) is 0 Å². The monoisotopic (exact) mass is 458 g/mol. The highest BCUT2D eigenvalue weighted by molar-refractivity contribution is 6.32. The lowest BCUT2D eigenvalue weighted by molar-refractivity contribution is -0.137. The molecule has 0 radical (unpaired) electrons. The molecule has 10 heteroatoms. The molecule has 2 aromatic carbocycles. The number of nitrogens with two attached hydrogens (primary N) is 1. The fraction of sp³-hybridized carbons (Fsp3) is 0.333. The van der Waals surface area contributed by atoms with Crippen molar-refractivity contribution in [2.24, 2.45) is 11.7 Å². The van der Waals surface area contributed by atoms with Gasteiger partial charge < -0.3 is 20.5 Å². The van der Waals surface area contributed by atoms with Crippen LogP contribution >= 0.6 is 11.6 Å². The molecule has 0 heterocycles. The zero-order chi connectivity index (χ0) is 23.3. The number of halogens is 4. The summed E-state index contributed by atoms with van der Waals surface area (Å²) in [4.78, 5) is 23.8. The van der Waals surface area contributed by atoms with Gasteiger partial charge in [-0.15, -0.1) is 0 Å². The van der Waals surface area contributed by atoms with Crippen molar-refractivity contribution < 1.29 is 32.2 Å². The van der Waals surface area contributed by atoms with Gasteiger partial charge in [-0.25, -0.2) is 0 Å². The summed E-state index contributed by atoms with van der Waals surface area (Å²) >= 11 is 6.17. The van der Waals surface area contributed by atoms with Crippen molar-refractivity contribution in [1.29, 1.82) is 0 Å². The number of hydrogen-bond donors (Lipinski definition) is 2. The molecular weight excluding hydrogens is 437 g/mol. The van der Waals surface area contributed by atoms with E-state index in [4.69, 9.17) is 26.8 Å². The predicted molar refractivity (Wildman–Crippen MR) is 109 cm³/mol. The molecular formula is C21H22ClF3N2O4. The number of rotatable bonds is 8. The number of carbonyl (C=O) groups excluding carboxylic acids is 2. The molecule has 0 aromatic heterocycles. The van der Waals surface area contributed by atoms with Crippen LogP contribution in [0.3, 0.4) is 0 Å². The number of hydrogen-bond acceptors (Lipinski definition) is 4. The molecule has 2 amide bonds. The van der Waals surface area contributed by atoms with Crippen LogP contribution < -0.4 is 20.5 Å². The van der Waals surface area contributed by atoms with Crippen LogP contribution in [0.4, 0.5) is 13.2 Å². The van der Waals surface area contributed by atoms with E-state index in [1.54, 1.807) is 13.8 Å². The Balaban J connectivity index is 2.33. The molecule has 0 saturated carbocycles. The molecule has 3 N–H and O–H groups in total. The Bertz CT molecular complexity index is 964. The number of carbonyl (C=O) groups is 2. The molecule has 2 rings (SSSR count). The van der Waals surface area contributed by atoms with E-state index < -0.39 is 36.2 Å². The van der Waals surface area contributed by atoms with Gasteiger partial charge in [0, 0.05) is 5.56 Å². The maximum absolute atomic E-state index is 13.1. The molecule has 31 heavy (non-hydrogen) atoms. The first kappa shape index (κ1) is 24.3. The Hall–Kier alpha value is -2.94. The molecule has 0 fully saturated rings. The van der Waals surface area contributed by atoms with Crippen LogP contribution in [0.1, 0.15) is 41.4 Å².